The molecule has 0 aliphatic carbocycles. The SMILES string of the molecule is COCCCn1cc(C(=O)c2cc(OC)ccc2OCc2coc(-c3ccccc3)n2)cc(C#N)c1=O. The number of aromatic nitrogens is 2. The van der Waals surface area contributed by atoms with Gasteiger partial charge in [0.05, 0.1) is 12.7 Å². The molecule has 0 atom stereocenters. The number of carbonyl (C=O) groups is 1. The first kappa shape index (κ1) is 25.4. The maximum atomic E-state index is 13.6. The van der Waals surface area contributed by atoms with Crippen LogP contribution in [-0.4, -0.2) is 36.2 Å². The highest BCUT2D eigenvalue weighted by Gasteiger charge is 2.20. The van der Waals surface area contributed by atoms with Crippen LogP contribution in [0.25, 0.3) is 11.5 Å². The first-order chi connectivity index (χ1) is 18.0. The fraction of sp³-hybridized carbons (Fsp3) is 0.214. The van der Waals surface area contributed by atoms with E-state index in [0.29, 0.717) is 42.7 Å². The molecule has 2 aromatic carbocycles. The summed E-state index contributed by atoms with van der Waals surface area (Å²) in [6, 6.07) is 17.5. The molecule has 0 bridgehead atoms. The summed E-state index contributed by atoms with van der Waals surface area (Å²) in [5, 5.41) is 9.46. The third kappa shape index (κ3) is 5.94. The van der Waals surface area contributed by atoms with Crippen LogP contribution in [0.4, 0.5) is 0 Å². The second-order valence-electron chi connectivity index (χ2n) is 8.09. The van der Waals surface area contributed by atoms with Crippen LogP contribution in [0.15, 0.2) is 76.3 Å². The summed E-state index contributed by atoms with van der Waals surface area (Å²) in [4.78, 5) is 30.6. The Hall–Kier alpha value is -4.68. The fourth-order valence-electron chi connectivity index (χ4n) is 3.72. The Kier molecular flexibility index (Phi) is 8.13. The van der Waals surface area contributed by atoms with E-state index in [1.165, 1.54) is 30.2 Å². The number of aryl methyl sites for hydroxylation is 1. The summed E-state index contributed by atoms with van der Waals surface area (Å²) in [5.74, 6) is 0.795. The number of ketones is 1. The van der Waals surface area contributed by atoms with Gasteiger partial charge >= 0.3 is 0 Å². The zero-order valence-corrected chi connectivity index (χ0v) is 20.5. The lowest BCUT2D eigenvalue weighted by Gasteiger charge is -2.13. The van der Waals surface area contributed by atoms with Crippen LogP contribution in [-0.2, 0) is 17.9 Å². The van der Waals surface area contributed by atoms with Crippen molar-refractivity contribution in [3.05, 3.63) is 99.8 Å². The Balaban J connectivity index is 1.62. The van der Waals surface area contributed by atoms with Gasteiger partial charge in [-0.1, -0.05) is 18.2 Å². The van der Waals surface area contributed by atoms with E-state index >= 15 is 0 Å². The minimum Gasteiger partial charge on any atom is -0.497 e. The Morgan fingerprint density at radius 2 is 1.95 bits per heavy atom. The lowest BCUT2D eigenvalue weighted by Crippen LogP contribution is -2.24. The van der Waals surface area contributed by atoms with Crippen molar-refractivity contribution in [2.24, 2.45) is 0 Å². The molecule has 0 fully saturated rings. The molecule has 4 rings (SSSR count). The second-order valence-corrected chi connectivity index (χ2v) is 8.09. The minimum atomic E-state index is -0.461. The van der Waals surface area contributed by atoms with Gasteiger partial charge in [-0.2, -0.15) is 5.26 Å². The number of pyridine rings is 1. The highest BCUT2D eigenvalue weighted by atomic mass is 16.5. The van der Waals surface area contributed by atoms with Gasteiger partial charge < -0.3 is 23.2 Å². The molecule has 4 aromatic rings. The number of nitriles is 1. The molecule has 2 aromatic heterocycles. The van der Waals surface area contributed by atoms with Crippen LogP contribution < -0.4 is 15.0 Å². The van der Waals surface area contributed by atoms with E-state index in [2.05, 4.69) is 4.98 Å². The number of nitrogens with zero attached hydrogens (tertiary/aromatic N) is 3. The molecular formula is C28H25N3O6. The number of benzene rings is 2. The smallest absolute Gasteiger partial charge is 0.268 e. The zero-order chi connectivity index (χ0) is 26.2. The minimum absolute atomic E-state index is 0.0584. The number of oxazole rings is 1. The maximum absolute atomic E-state index is 13.6. The van der Waals surface area contributed by atoms with E-state index in [-0.39, 0.29) is 23.3 Å². The highest BCUT2D eigenvalue weighted by molar-refractivity contribution is 6.11. The van der Waals surface area contributed by atoms with Crippen molar-refractivity contribution < 1.29 is 23.4 Å². The summed E-state index contributed by atoms with van der Waals surface area (Å²) in [7, 11) is 3.06. The molecule has 0 amide bonds. The normalized spacial score (nSPS) is 10.6. The molecule has 9 heteroatoms. The van der Waals surface area contributed by atoms with E-state index in [0.717, 1.165) is 5.56 Å². The van der Waals surface area contributed by atoms with Crippen LogP contribution in [0.5, 0.6) is 11.5 Å². The maximum Gasteiger partial charge on any atom is 0.268 e. The van der Waals surface area contributed by atoms with Crippen LogP contribution in [0.1, 0.15) is 33.6 Å². The van der Waals surface area contributed by atoms with Gasteiger partial charge in [-0.25, -0.2) is 4.98 Å². The molecule has 188 valence electrons. The standard InChI is InChI=1S/C28H25N3O6/c1-34-12-6-11-31-16-21(13-20(15-29)28(31)33)26(32)24-14-23(35-2)9-10-25(24)36-17-22-18-37-27(30-22)19-7-4-3-5-8-19/h3-5,7-10,13-14,16,18H,6,11-12,17H2,1-2H3. The zero-order valence-electron chi connectivity index (χ0n) is 20.5. The molecule has 2 heterocycles. The Labute approximate surface area is 213 Å². The average molecular weight is 500 g/mol. The van der Waals surface area contributed by atoms with Crippen molar-refractivity contribution in [3.8, 4) is 29.0 Å². The van der Waals surface area contributed by atoms with Crippen molar-refractivity contribution >= 4 is 5.78 Å². The Morgan fingerprint density at radius 3 is 2.68 bits per heavy atom. The number of ether oxygens (including phenoxy) is 3. The summed E-state index contributed by atoms with van der Waals surface area (Å²) >= 11 is 0. The number of hydrogen-bond donors (Lipinski definition) is 0. The lowest BCUT2D eigenvalue weighted by molar-refractivity contribution is 0.103. The third-order valence-electron chi connectivity index (χ3n) is 5.60. The van der Waals surface area contributed by atoms with Crippen LogP contribution in [0, 0.1) is 11.3 Å². The van der Waals surface area contributed by atoms with Crippen molar-refractivity contribution in [1.82, 2.24) is 9.55 Å². The van der Waals surface area contributed by atoms with Crippen molar-refractivity contribution in [2.45, 2.75) is 19.6 Å². The molecule has 0 saturated carbocycles. The van der Waals surface area contributed by atoms with Gasteiger partial charge in [-0.05, 0) is 42.8 Å². The first-order valence-electron chi connectivity index (χ1n) is 11.5. The van der Waals surface area contributed by atoms with Crippen LogP contribution in [0.2, 0.25) is 0 Å². The molecule has 0 aliphatic rings. The Morgan fingerprint density at radius 1 is 1.14 bits per heavy atom. The summed E-state index contributed by atoms with van der Waals surface area (Å²) in [6.07, 6.45) is 3.51. The fourth-order valence-corrected chi connectivity index (χ4v) is 3.72. The molecule has 0 unspecified atom stereocenters. The van der Waals surface area contributed by atoms with Crippen molar-refractivity contribution in [1.29, 1.82) is 5.26 Å². The van der Waals surface area contributed by atoms with E-state index < -0.39 is 11.3 Å². The van der Waals surface area contributed by atoms with E-state index in [1.807, 2.05) is 36.4 Å². The average Bonchev–Trinajstić information content (AvgIpc) is 3.42. The molecule has 0 radical (unpaired) electrons. The predicted molar refractivity (Wildman–Crippen MR) is 135 cm³/mol. The highest BCUT2D eigenvalue weighted by Crippen LogP contribution is 2.28. The molecule has 0 saturated heterocycles. The van der Waals surface area contributed by atoms with Gasteiger partial charge in [0.1, 0.15) is 41.7 Å². The topological polar surface area (TPSA) is 117 Å². The van der Waals surface area contributed by atoms with E-state index in [1.54, 1.807) is 25.3 Å². The predicted octanol–water partition coefficient (Wildman–Crippen LogP) is 4.23. The number of carbonyl (C=O) groups excluding carboxylic acids is 1. The first-order valence-corrected chi connectivity index (χ1v) is 11.5. The molecule has 0 aliphatic heterocycles. The van der Waals surface area contributed by atoms with Crippen LogP contribution in [0.3, 0.4) is 0 Å². The number of methoxy groups -OCH3 is 2. The molecular weight excluding hydrogens is 474 g/mol. The molecule has 37 heavy (non-hydrogen) atoms. The van der Waals surface area contributed by atoms with Crippen molar-refractivity contribution in [3.63, 3.8) is 0 Å². The van der Waals surface area contributed by atoms with Crippen molar-refractivity contribution in [2.75, 3.05) is 20.8 Å². The Bertz CT molecular complexity index is 1480. The monoisotopic (exact) mass is 499 g/mol. The van der Waals surface area contributed by atoms with Gasteiger partial charge in [-0.15, -0.1) is 0 Å². The third-order valence-corrected chi connectivity index (χ3v) is 5.60. The quantitative estimate of drug-likeness (QED) is 0.222. The lowest BCUT2D eigenvalue weighted by atomic mass is 10.0. The second kappa shape index (κ2) is 11.8. The molecule has 0 N–H and O–H groups in total. The number of rotatable bonds is 11. The molecule has 0 spiro atoms. The van der Waals surface area contributed by atoms with E-state index in [4.69, 9.17) is 18.6 Å². The largest absolute Gasteiger partial charge is 0.497 e. The van der Waals surface area contributed by atoms with Gasteiger partial charge in [0, 0.05) is 37.6 Å². The van der Waals surface area contributed by atoms with Gasteiger partial charge in [0.15, 0.2) is 5.78 Å². The summed E-state index contributed by atoms with van der Waals surface area (Å²) in [6.45, 7) is 0.803. The van der Waals surface area contributed by atoms with Gasteiger partial charge in [0.25, 0.3) is 5.56 Å². The molecule has 9 nitrogen and oxygen atoms in total. The van der Waals surface area contributed by atoms with Gasteiger partial charge in [0.2, 0.25) is 5.89 Å². The van der Waals surface area contributed by atoms with Gasteiger partial charge in [-0.3, -0.25) is 9.59 Å². The van der Waals surface area contributed by atoms with Crippen LogP contribution >= 0.6 is 0 Å². The van der Waals surface area contributed by atoms with E-state index in [9.17, 15) is 14.9 Å². The number of hydrogen-bond acceptors (Lipinski definition) is 8. The summed E-state index contributed by atoms with van der Waals surface area (Å²) < 4.78 is 23.2. The summed E-state index contributed by atoms with van der Waals surface area (Å²) in [5.41, 5.74) is 1.20.